The summed E-state index contributed by atoms with van der Waals surface area (Å²) in [6, 6.07) is 5.63. The first-order valence-electron chi connectivity index (χ1n) is 8.23. The molecule has 3 N–H and O–H groups in total. The Labute approximate surface area is 151 Å². The number of benzene rings is 1. The Hall–Kier alpha value is -0.680. The molecule has 1 heterocycles. The summed E-state index contributed by atoms with van der Waals surface area (Å²) in [7, 11) is 0. The highest BCUT2D eigenvalue weighted by Crippen LogP contribution is 2.43. The van der Waals surface area contributed by atoms with Gasteiger partial charge in [-0.3, -0.25) is 4.90 Å². The molecule has 0 radical (unpaired) electrons. The minimum absolute atomic E-state index is 0. The lowest BCUT2D eigenvalue weighted by molar-refractivity contribution is 0.101. The van der Waals surface area contributed by atoms with E-state index in [0.717, 1.165) is 31.7 Å². The molecule has 3 rings (SSSR count). The van der Waals surface area contributed by atoms with Crippen molar-refractivity contribution < 1.29 is 10.2 Å². The van der Waals surface area contributed by atoms with Crippen LogP contribution >= 0.6 is 24.8 Å². The van der Waals surface area contributed by atoms with Crippen molar-refractivity contribution in [1.82, 2.24) is 10.2 Å². The van der Waals surface area contributed by atoms with Gasteiger partial charge in [0.15, 0.2) is 11.5 Å². The van der Waals surface area contributed by atoms with Gasteiger partial charge in [-0.15, -0.1) is 24.8 Å². The lowest BCUT2D eigenvalue weighted by Gasteiger charge is -2.41. The van der Waals surface area contributed by atoms with Crippen molar-refractivity contribution in [2.24, 2.45) is 5.92 Å². The zero-order valence-corrected chi connectivity index (χ0v) is 15.0. The Morgan fingerprint density at radius 3 is 2.30 bits per heavy atom. The van der Waals surface area contributed by atoms with Gasteiger partial charge < -0.3 is 15.5 Å². The van der Waals surface area contributed by atoms with E-state index in [1.807, 2.05) is 12.1 Å². The van der Waals surface area contributed by atoms with Gasteiger partial charge in [-0.1, -0.05) is 31.4 Å². The van der Waals surface area contributed by atoms with E-state index in [-0.39, 0.29) is 42.4 Å². The molecule has 0 aromatic heterocycles. The average Bonchev–Trinajstić information content (AvgIpc) is 2.54. The second kappa shape index (κ2) is 9.58. The molecule has 1 aromatic carbocycles. The van der Waals surface area contributed by atoms with Crippen molar-refractivity contribution in [3.05, 3.63) is 23.8 Å². The first-order valence-corrected chi connectivity index (χ1v) is 8.23. The van der Waals surface area contributed by atoms with Crippen LogP contribution in [0, 0.1) is 5.92 Å². The Bertz CT molecular complexity index is 458. The fourth-order valence-corrected chi connectivity index (χ4v) is 3.95. The van der Waals surface area contributed by atoms with Gasteiger partial charge in [0.2, 0.25) is 0 Å². The van der Waals surface area contributed by atoms with Crippen molar-refractivity contribution >= 4 is 24.8 Å². The van der Waals surface area contributed by atoms with Crippen molar-refractivity contribution in [2.45, 2.75) is 38.1 Å². The summed E-state index contributed by atoms with van der Waals surface area (Å²) in [5.74, 6) is 0.666. The molecular formula is C17H28Cl2N2O2. The number of nitrogens with one attached hydrogen (secondary N) is 1. The average molecular weight is 363 g/mol. The largest absolute Gasteiger partial charge is 0.504 e. The van der Waals surface area contributed by atoms with E-state index >= 15 is 0 Å². The van der Waals surface area contributed by atoms with E-state index in [1.165, 1.54) is 32.1 Å². The summed E-state index contributed by atoms with van der Waals surface area (Å²) in [6.45, 7) is 4.03. The van der Waals surface area contributed by atoms with E-state index < -0.39 is 0 Å². The number of piperazine rings is 1. The second-order valence-electron chi connectivity index (χ2n) is 6.34. The molecule has 4 nitrogen and oxygen atoms in total. The molecule has 0 amide bonds. The topological polar surface area (TPSA) is 55.7 Å². The molecule has 23 heavy (non-hydrogen) atoms. The van der Waals surface area contributed by atoms with Gasteiger partial charge in [0.1, 0.15) is 0 Å². The molecule has 2 aliphatic rings. The van der Waals surface area contributed by atoms with Crippen LogP contribution in [0.2, 0.25) is 0 Å². The molecule has 132 valence electrons. The number of phenolic OH excluding ortho intramolecular Hbond substituents is 2. The molecule has 1 saturated heterocycles. The molecule has 0 spiro atoms. The van der Waals surface area contributed by atoms with Crippen LogP contribution < -0.4 is 5.32 Å². The second-order valence-corrected chi connectivity index (χ2v) is 6.34. The summed E-state index contributed by atoms with van der Waals surface area (Å²) in [5.41, 5.74) is 0.906. The number of phenols is 2. The number of nitrogens with zero attached hydrogens (tertiary/aromatic N) is 1. The van der Waals surface area contributed by atoms with E-state index in [9.17, 15) is 10.2 Å². The van der Waals surface area contributed by atoms with Gasteiger partial charge >= 0.3 is 0 Å². The minimum atomic E-state index is 0. The summed E-state index contributed by atoms with van der Waals surface area (Å²) < 4.78 is 0. The minimum Gasteiger partial charge on any atom is -0.504 e. The third kappa shape index (κ3) is 4.66. The van der Waals surface area contributed by atoms with Gasteiger partial charge in [0.25, 0.3) is 0 Å². The number of rotatable bonds is 3. The molecule has 1 aliphatic heterocycles. The maximum absolute atomic E-state index is 10.3. The van der Waals surface area contributed by atoms with Crippen LogP contribution in [0.1, 0.15) is 43.7 Å². The summed E-state index contributed by atoms with van der Waals surface area (Å²) in [6.07, 6.45) is 6.35. The van der Waals surface area contributed by atoms with Crippen LogP contribution in [-0.4, -0.2) is 41.3 Å². The van der Waals surface area contributed by atoms with Crippen LogP contribution in [0.4, 0.5) is 0 Å². The normalized spacial score (nSPS) is 21.0. The molecule has 0 unspecified atom stereocenters. The predicted octanol–water partition coefficient (Wildman–Crippen LogP) is 3.47. The third-order valence-corrected chi connectivity index (χ3v) is 5.01. The highest BCUT2D eigenvalue weighted by Gasteiger charge is 2.32. The van der Waals surface area contributed by atoms with Crippen LogP contribution in [0.3, 0.4) is 0 Å². The molecule has 1 aliphatic carbocycles. The van der Waals surface area contributed by atoms with Gasteiger partial charge in [0.05, 0.1) is 0 Å². The molecule has 2 fully saturated rings. The summed E-state index contributed by atoms with van der Waals surface area (Å²) >= 11 is 0. The van der Waals surface area contributed by atoms with E-state index in [1.54, 1.807) is 6.07 Å². The van der Waals surface area contributed by atoms with Crippen LogP contribution in [0.15, 0.2) is 18.2 Å². The molecule has 1 saturated carbocycles. The molecule has 6 heteroatoms. The Kier molecular flexibility index (Phi) is 8.48. The zero-order chi connectivity index (χ0) is 14.7. The highest BCUT2D eigenvalue weighted by molar-refractivity contribution is 5.85. The van der Waals surface area contributed by atoms with Gasteiger partial charge in [-0.25, -0.2) is 0 Å². The monoisotopic (exact) mass is 362 g/mol. The molecular weight excluding hydrogens is 335 g/mol. The summed E-state index contributed by atoms with van der Waals surface area (Å²) in [5, 5.41) is 23.6. The van der Waals surface area contributed by atoms with Crippen molar-refractivity contribution in [1.29, 1.82) is 0 Å². The predicted molar refractivity (Wildman–Crippen MR) is 98.0 cm³/mol. The zero-order valence-electron chi connectivity index (χ0n) is 13.4. The van der Waals surface area contributed by atoms with Crippen molar-refractivity contribution in [3.8, 4) is 11.5 Å². The van der Waals surface area contributed by atoms with Gasteiger partial charge in [0, 0.05) is 37.8 Å². The maximum atomic E-state index is 10.3. The number of para-hydroxylation sites is 1. The standard InChI is InChI=1S/C17H26N2O2.2ClH/c20-15-8-4-7-14(17(15)21)16(13-5-2-1-3-6-13)19-11-9-18-10-12-19;;/h4,7-8,13,16,18,20-21H,1-3,5-6,9-12H2;2*1H/t16-;;/m1../s1. The quantitative estimate of drug-likeness (QED) is 0.720. The number of hydrogen-bond donors (Lipinski definition) is 3. The molecule has 0 bridgehead atoms. The maximum Gasteiger partial charge on any atom is 0.162 e. The van der Waals surface area contributed by atoms with E-state index in [2.05, 4.69) is 10.2 Å². The lowest BCUT2D eigenvalue weighted by Crippen LogP contribution is -2.47. The fraction of sp³-hybridized carbons (Fsp3) is 0.647. The van der Waals surface area contributed by atoms with Crippen molar-refractivity contribution in [2.75, 3.05) is 26.2 Å². The Morgan fingerprint density at radius 1 is 1.00 bits per heavy atom. The Balaban J connectivity index is 0.00000132. The van der Waals surface area contributed by atoms with Crippen LogP contribution in [0.25, 0.3) is 0 Å². The van der Waals surface area contributed by atoms with Crippen LogP contribution in [0.5, 0.6) is 11.5 Å². The van der Waals surface area contributed by atoms with Crippen molar-refractivity contribution in [3.63, 3.8) is 0 Å². The van der Waals surface area contributed by atoms with Crippen LogP contribution in [-0.2, 0) is 0 Å². The fourth-order valence-electron chi connectivity index (χ4n) is 3.95. The third-order valence-electron chi connectivity index (χ3n) is 5.01. The Morgan fingerprint density at radius 2 is 1.65 bits per heavy atom. The lowest BCUT2D eigenvalue weighted by atomic mass is 9.80. The van der Waals surface area contributed by atoms with E-state index in [0.29, 0.717) is 5.92 Å². The number of hydrogen-bond acceptors (Lipinski definition) is 4. The van der Waals surface area contributed by atoms with Gasteiger partial charge in [-0.2, -0.15) is 0 Å². The SMILES string of the molecule is Cl.Cl.Oc1cccc([C@@H](C2CCCCC2)N2CCNCC2)c1O. The summed E-state index contributed by atoms with van der Waals surface area (Å²) in [4.78, 5) is 2.49. The first kappa shape index (κ1) is 20.4. The molecule has 1 atom stereocenters. The molecule has 1 aromatic rings. The first-order chi connectivity index (χ1) is 10.3. The number of aromatic hydroxyl groups is 2. The number of halogens is 2. The highest BCUT2D eigenvalue weighted by atomic mass is 35.5. The van der Waals surface area contributed by atoms with Gasteiger partial charge in [-0.05, 0) is 24.8 Å². The van der Waals surface area contributed by atoms with E-state index in [4.69, 9.17) is 0 Å². The smallest absolute Gasteiger partial charge is 0.162 e.